The van der Waals surface area contributed by atoms with Crippen LogP contribution in [-0.4, -0.2) is 30.8 Å². The van der Waals surface area contributed by atoms with Crippen molar-refractivity contribution in [1.82, 2.24) is 5.32 Å². The van der Waals surface area contributed by atoms with Gasteiger partial charge in [-0.2, -0.15) is 0 Å². The van der Waals surface area contributed by atoms with Gasteiger partial charge < -0.3 is 15.1 Å². The maximum atomic E-state index is 14.0. The zero-order valence-electron chi connectivity index (χ0n) is 16.9. The van der Waals surface area contributed by atoms with Crippen LogP contribution in [0.25, 0.3) is 0 Å². The van der Waals surface area contributed by atoms with Crippen molar-refractivity contribution in [2.75, 3.05) is 22.9 Å². The normalized spacial score (nSPS) is 19.1. The van der Waals surface area contributed by atoms with Crippen LogP contribution in [0.4, 0.5) is 20.2 Å². The first-order chi connectivity index (χ1) is 14.9. The molecule has 2 fully saturated rings. The van der Waals surface area contributed by atoms with Crippen molar-refractivity contribution < 1.29 is 23.2 Å². The topological polar surface area (TPSA) is 69.7 Å². The van der Waals surface area contributed by atoms with E-state index >= 15 is 0 Å². The van der Waals surface area contributed by atoms with Gasteiger partial charge in [-0.3, -0.25) is 14.4 Å². The van der Waals surface area contributed by atoms with Gasteiger partial charge in [-0.1, -0.05) is 12.1 Å². The molecule has 2 saturated heterocycles. The highest BCUT2D eigenvalue weighted by Crippen LogP contribution is 2.28. The molecule has 3 amide bonds. The Kier molecular flexibility index (Phi) is 5.97. The molecule has 2 aliphatic heterocycles. The number of carbonyl (C=O) groups excluding carboxylic acids is 3. The van der Waals surface area contributed by atoms with E-state index in [1.165, 1.54) is 11.0 Å². The van der Waals surface area contributed by atoms with Crippen LogP contribution >= 0.6 is 0 Å². The molecule has 2 aliphatic rings. The molecule has 2 heterocycles. The van der Waals surface area contributed by atoms with Crippen molar-refractivity contribution in [3.05, 3.63) is 59.7 Å². The average molecular weight is 427 g/mol. The average Bonchev–Trinajstić information content (AvgIpc) is 3.14. The highest BCUT2D eigenvalue weighted by molar-refractivity contribution is 6.00. The summed E-state index contributed by atoms with van der Waals surface area (Å²) in [5.74, 6) is -2.77. The van der Waals surface area contributed by atoms with Crippen molar-refractivity contribution in [1.29, 1.82) is 0 Å². The molecule has 8 heteroatoms. The molecular weight excluding hydrogens is 404 g/mol. The first-order valence-electron chi connectivity index (χ1n) is 10.3. The summed E-state index contributed by atoms with van der Waals surface area (Å²) < 4.78 is 27.2. The van der Waals surface area contributed by atoms with E-state index in [0.717, 1.165) is 36.2 Å². The van der Waals surface area contributed by atoms with Gasteiger partial charge in [-0.25, -0.2) is 8.78 Å². The van der Waals surface area contributed by atoms with E-state index in [9.17, 15) is 23.2 Å². The van der Waals surface area contributed by atoms with Crippen LogP contribution in [0.1, 0.15) is 31.2 Å². The highest BCUT2D eigenvalue weighted by Gasteiger charge is 2.36. The number of benzene rings is 2. The Morgan fingerprint density at radius 1 is 1.03 bits per heavy atom. The van der Waals surface area contributed by atoms with Gasteiger partial charge >= 0.3 is 0 Å². The van der Waals surface area contributed by atoms with Crippen LogP contribution < -0.4 is 15.1 Å². The Morgan fingerprint density at radius 3 is 2.65 bits per heavy atom. The van der Waals surface area contributed by atoms with Gasteiger partial charge in [0.2, 0.25) is 17.7 Å². The summed E-state index contributed by atoms with van der Waals surface area (Å²) in [7, 11) is 0. The first kappa shape index (κ1) is 21.0. The van der Waals surface area contributed by atoms with Crippen molar-refractivity contribution in [3.8, 4) is 0 Å². The second-order valence-electron chi connectivity index (χ2n) is 7.89. The fraction of sp³-hybridized carbons (Fsp3) is 0.348. The Labute approximate surface area is 178 Å². The number of nitrogens with zero attached hydrogens (tertiary/aromatic N) is 2. The Morgan fingerprint density at radius 2 is 1.87 bits per heavy atom. The van der Waals surface area contributed by atoms with Gasteiger partial charge in [0.15, 0.2) is 0 Å². The first-order valence-corrected chi connectivity index (χ1v) is 10.3. The summed E-state index contributed by atoms with van der Waals surface area (Å²) in [6.45, 7) is 0.981. The zero-order valence-corrected chi connectivity index (χ0v) is 16.9. The van der Waals surface area contributed by atoms with Crippen LogP contribution in [0, 0.1) is 17.6 Å². The predicted octanol–water partition coefficient (Wildman–Crippen LogP) is 3.15. The van der Waals surface area contributed by atoms with Crippen LogP contribution in [0.3, 0.4) is 0 Å². The van der Waals surface area contributed by atoms with Gasteiger partial charge in [-0.15, -0.1) is 0 Å². The van der Waals surface area contributed by atoms with Crippen molar-refractivity contribution in [2.24, 2.45) is 5.92 Å². The molecule has 0 aliphatic carbocycles. The summed E-state index contributed by atoms with van der Waals surface area (Å²) in [6.07, 6.45) is 2.38. The monoisotopic (exact) mass is 427 g/mol. The molecule has 1 atom stereocenters. The molecule has 2 aromatic carbocycles. The van der Waals surface area contributed by atoms with Crippen molar-refractivity contribution in [2.45, 2.75) is 32.2 Å². The third kappa shape index (κ3) is 4.57. The fourth-order valence-electron chi connectivity index (χ4n) is 4.06. The fourth-order valence-corrected chi connectivity index (χ4v) is 4.06. The highest BCUT2D eigenvalue weighted by atomic mass is 19.1. The summed E-state index contributed by atoms with van der Waals surface area (Å²) in [5, 5.41) is 2.82. The Bertz CT molecular complexity index is 1030. The SMILES string of the molecule is O=C(NCc1cccc(N2CCCCC2=O)c1)C1CC(=O)N(c2ccc(F)cc2F)C1. The largest absolute Gasteiger partial charge is 0.352 e. The minimum atomic E-state index is -0.835. The molecule has 4 rings (SSSR count). The summed E-state index contributed by atoms with van der Waals surface area (Å²) in [6, 6.07) is 10.5. The van der Waals surface area contributed by atoms with Crippen LogP contribution in [0.2, 0.25) is 0 Å². The van der Waals surface area contributed by atoms with Crippen molar-refractivity contribution >= 4 is 29.1 Å². The minimum absolute atomic E-state index is 0.0272. The molecule has 0 aromatic heterocycles. The smallest absolute Gasteiger partial charge is 0.227 e. The maximum Gasteiger partial charge on any atom is 0.227 e. The van der Waals surface area contributed by atoms with E-state index in [1.807, 2.05) is 24.3 Å². The number of rotatable bonds is 5. The number of nitrogens with one attached hydrogen (secondary N) is 1. The van der Waals surface area contributed by atoms with Crippen molar-refractivity contribution in [3.63, 3.8) is 0 Å². The van der Waals surface area contributed by atoms with E-state index in [-0.39, 0.29) is 42.9 Å². The van der Waals surface area contributed by atoms with E-state index < -0.39 is 17.6 Å². The Balaban J connectivity index is 1.38. The third-order valence-electron chi connectivity index (χ3n) is 5.71. The predicted molar refractivity (Wildman–Crippen MR) is 111 cm³/mol. The van der Waals surface area contributed by atoms with Gasteiger partial charge in [-0.05, 0) is 42.7 Å². The summed E-state index contributed by atoms with van der Waals surface area (Å²) in [4.78, 5) is 40.0. The molecule has 31 heavy (non-hydrogen) atoms. The number of carbonyl (C=O) groups is 3. The van der Waals surface area contributed by atoms with Gasteiger partial charge in [0.25, 0.3) is 0 Å². The lowest BCUT2D eigenvalue weighted by molar-refractivity contribution is -0.126. The van der Waals surface area contributed by atoms with Crippen LogP contribution in [-0.2, 0) is 20.9 Å². The molecule has 0 saturated carbocycles. The molecular formula is C23H23F2N3O3. The van der Waals surface area contributed by atoms with E-state index in [0.29, 0.717) is 13.0 Å². The number of anilines is 2. The lowest BCUT2D eigenvalue weighted by Crippen LogP contribution is -2.35. The summed E-state index contributed by atoms with van der Waals surface area (Å²) >= 11 is 0. The molecule has 6 nitrogen and oxygen atoms in total. The molecule has 0 bridgehead atoms. The lowest BCUT2D eigenvalue weighted by atomic mass is 10.1. The van der Waals surface area contributed by atoms with Gasteiger partial charge in [0, 0.05) is 44.2 Å². The molecule has 0 spiro atoms. The standard InChI is InChI=1S/C23H23F2N3O3/c24-17-7-8-20(19(25)12-17)28-14-16(11-22(28)30)23(31)26-13-15-4-3-5-18(10-15)27-9-2-1-6-21(27)29/h3-5,7-8,10,12,16H,1-2,6,9,11,13-14H2,(H,26,31). The number of hydrogen-bond acceptors (Lipinski definition) is 3. The van der Waals surface area contributed by atoms with Crippen LogP contribution in [0.5, 0.6) is 0 Å². The summed E-state index contributed by atoms with van der Waals surface area (Å²) in [5.41, 5.74) is 1.63. The molecule has 2 aromatic rings. The number of halogens is 2. The van der Waals surface area contributed by atoms with Gasteiger partial charge in [0.1, 0.15) is 11.6 Å². The quantitative estimate of drug-likeness (QED) is 0.797. The molecule has 162 valence electrons. The maximum absolute atomic E-state index is 14.0. The van der Waals surface area contributed by atoms with E-state index in [1.54, 1.807) is 4.90 Å². The number of amides is 3. The zero-order chi connectivity index (χ0) is 22.0. The van der Waals surface area contributed by atoms with Gasteiger partial charge in [0.05, 0.1) is 11.6 Å². The van der Waals surface area contributed by atoms with Crippen LogP contribution in [0.15, 0.2) is 42.5 Å². The molecule has 1 N–H and O–H groups in total. The van der Waals surface area contributed by atoms with E-state index in [4.69, 9.17) is 0 Å². The second kappa shape index (κ2) is 8.83. The number of hydrogen-bond donors (Lipinski definition) is 1. The lowest BCUT2D eigenvalue weighted by Gasteiger charge is -2.27. The second-order valence-corrected chi connectivity index (χ2v) is 7.89. The third-order valence-corrected chi connectivity index (χ3v) is 5.71. The molecule has 0 radical (unpaired) electrons. The number of piperidine rings is 1. The molecule has 1 unspecified atom stereocenters. The minimum Gasteiger partial charge on any atom is -0.352 e. The Hall–Kier alpha value is -3.29. The van der Waals surface area contributed by atoms with E-state index in [2.05, 4.69) is 5.32 Å².